The first kappa shape index (κ1) is 39.2. The predicted octanol–water partition coefficient (Wildman–Crippen LogP) is 7.48. The van der Waals surface area contributed by atoms with Crippen LogP contribution >= 0.6 is 6.72 Å². The fraction of sp³-hybridized carbons (Fsp3) is 0.895. The quantitative estimate of drug-likeness (QED) is 0.0825. The van der Waals surface area contributed by atoms with Crippen LogP contribution in [0.3, 0.4) is 0 Å². The van der Waals surface area contributed by atoms with Gasteiger partial charge < -0.3 is 34.4 Å². The molecule has 280 valence electrons. The number of likely N-dealkylation sites (tertiary alicyclic amines) is 1. The highest BCUT2D eigenvalue weighted by Crippen LogP contribution is 2.67. The molecule has 1 saturated heterocycles. The van der Waals surface area contributed by atoms with Gasteiger partial charge in [-0.15, -0.1) is 0 Å². The summed E-state index contributed by atoms with van der Waals surface area (Å²) in [6.07, 6.45) is 16.5. The first-order valence-corrected chi connectivity index (χ1v) is 22.1. The van der Waals surface area contributed by atoms with Crippen molar-refractivity contribution in [3.63, 3.8) is 0 Å². The number of allylic oxidation sites excluding steroid dienone is 1. The van der Waals surface area contributed by atoms with E-state index in [1.807, 2.05) is 0 Å². The van der Waals surface area contributed by atoms with Crippen molar-refractivity contribution in [3.05, 3.63) is 11.6 Å². The van der Waals surface area contributed by atoms with E-state index in [-0.39, 0.29) is 36.6 Å². The number of nitrogens with one attached hydrogen (secondary N) is 1. The lowest BCUT2D eigenvalue weighted by atomic mass is 9.47. The largest absolute Gasteiger partial charge is 0.446 e. The van der Waals surface area contributed by atoms with Crippen LogP contribution in [0.2, 0.25) is 0 Å². The van der Waals surface area contributed by atoms with Gasteiger partial charge in [-0.3, -0.25) is 4.79 Å². The molecule has 1 aliphatic heterocycles. The van der Waals surface area contributed by atoms with Crippen LogP contribution in [-0.4, -0.2) is 69.7 Å². The molecule has 2 amide bonds. The molecule has 4 aliphatic carbocycles. The number of carbonyl (C=O) groups is 2. The Bertz CT molecular complexity index is 1240. The van der Waals surface area contributed by atoms with Crippen molar-refractivity contribution in [1.29, 1.82) is 0 Å². The number of fused-ring (bicyclic) bond motifs is 5. The minimum atomic E-state index is -3.90. The van der Waals surface area contributed by atoms with Gasteiger partial charge in [-0.25, -0.2) is 4.79 Å². The normalized spacial score (nSPS) is 36.5. The Morgan fingerprint density at radius 3 is 2.53 bits per heavy atom. The Kier molecular flexibility index (Phi) is 13.1. The number of aliphatic hydroxyl groups is 1. The molecular formula is C38H65N2O7PS. The van der Waals surface area contributed by atoms with Crippen LogP contribution in [-0.2, 0) is 25.9 Å². The zero-order chi connectivity index (χ0) is 35.6. The maximum Gasteiger partial charge on any atom is 0.407 e. The van der Waals surface area contributed by atoms with E-state index in [1.165, 1.54) is 61.8 Å². The van der Waals surface area contributed by atoms with Gasteiger partial charge in [0, 0.05) is 25.9 Å². The lowest BCUT2D eigenvalue weighted by Crippen LogP contribution is -2.51. The third kappa shape index (κ3) is 9.32. The Labute approximate surface area is 300 Å². The molecule has 11 heteroatoms. The smallest absolute Gasteiger partial charge is 0.407 e. The van der Waals surface area contributed by atoms with E-state index in [2.05, 4.69) is 57.8 Å². The molecule has 3 saturated carbocycles. The van der Waals surface area contributed by atoms with Crippen molar-refractivity contribution >= 4 is 30.5 Å². The average Bonchev–Trinajstić information content (AvgIpc) is 3.56. The lowest BCUT2D eigenvalue weighted by Gasteiger charge is -2.58. The molecule has 49 heavy (non-hydrogen) atoms. The Balaban J connectivity index is 1.01. The number of hydrogen-bond acceptors (Lipinski definition) is 6. The number of β-amino-alcohol motifs (C(OH)–C–C–N with tert-alkyl or cyclic N) is 1. The van der Waals surface area contributed by atoms with Gasteiger partial charge in [-0.1, -0.05) is 72.0 Å². The van der Waals surface area contributed by atoms with E-state index in [4.69, 9.17) is 9.26 Å². The molecule has 0 bridgehead atoms. The van der Waals surface area contributed by atoms with Crippen molar-refractivity contribution in [2.45, 2.75) is 149 Å². The number of ether oxygens (including phenoxy) is 1. The summed E-state index contributed by atoms with van der Waals surface area (Å²) in [5, 5.41) is 13.0. The van der Waals surface area contributed by atoms with Crippen molar-refractivity contribution in [3.8, 4) is 0 Å². The number of alkyl carbamates (subject to hydrolysis) is 1. The first-order chi connectivity index (χ1) is 23.1. The fourth-order valence-corrected chi connectivity index (χ4v) is 12.0. The molecule has 9 nitrogen and oxygen atoms in total. The maximum absolute atomic E-state index is 12.7. The summed E-state index contributed by atoms with van der Waals surface area (Å²) in [4.78, 5) is 45.4. The Morgan fingerprint density at radius 2 is 1.80 bits per heavy atom. The number of carbonyl (C=O) groups excluding carboxylic acids is 2. The van der Waals surface area contributed by atoms with Gasteiger partial charge in [0.1, 0.15) is 12.2 Å². The molecule has 0 aromatic carbocycles. The molecule has 0 spiro atoms. The van der Waals surface area contributed by atoms with Crippen LogP contribution in [0, 0.1) is 46.3 Å². The van der Waals surface area contributed by atoms with Gasteiger partial charge in [-0.2, -0.15) is 0 Å². The molecular weight excluding hydrogens is 659 g/mol. The summed E-state index contributed by atoms with van der Waals surface area (Å²) >= 11 is 4.48. The average molecular weight is 725 g/mol. The van der Waals surface area contributed by atoms with Gasteiger partial charge in [0.15, 0.2) is 0 Å². The van der Waals surface area contributed by atoms with Crippen molar-refractivity contribution in [2.75, 3.05) is 19.6 Å². The molecule has 4 N–H and O–H groups in total. The molecule has 4 fully saturated rings. The second-order valence-corrected chi connectivity index (χ2v) is 19.9. The van der Waals surface area contributed by atoms with Gasteiger partial charge >= 0.3 is 12.8 Å². The van der Waals surface area contributed by atoms with Gasteiger partial charge in [0.05, 0.1) is 12.6 Å². The highest BCUT2D eigenvalue weighted by atomic mass is 32.5. The summed E-state index contributed by atoms with van der Waals surface area (Å²) in [5.74, 6) is 4.78. The minimum Gasteiger partial charge on any atom is -0.446 e. The Morgan fingerprint density at radius 1 is 1.02 bits per heavy atom. The standard InChI is InChI=1S/C38H65N2O7PS/c1-25(2)10-9-11-26(3)30-15-16-31-29-14-13-27-22-28(17-19-37(27,4)32(29)18-20-38(30,31)5)46-36(43)39-21-8-6-7-12-35(42)40-23-33(41)34(24-40)47-48(44,45)49/h13,25-26,28-34,41H,6-12,14-24H2,1-5H3,(H,39,43)(H2,44,45,49)/t26-,28?,29?,30-,31?,32?,33?,34?,37+,38-/m1/s1. The summed E-state index contributed by atoms with van der Waals surface area (Å²) in [7, 11) is 0. The van der Waals surface area contributed by atoms with Crippen LogP contribution < -0.4 is 5.32 Å². The van der Waals surface area contributed by atoms with Crippen LogP contribution in [0.4, 0.5) is 4.79 Å². The van der Waals surface area contributed by atoms with E-state index in [0.717, 1.165) is 67.6 Å². The summed E-state index contributed by atoms with van der Waals surface area (Å²) in [6, 6.07) is 0. The third-order valence-electron chi connectivity index (χ3n) is 13.7. The molecule has 5 aliphatic rings. The second-order valence-electron chi connectivity index (χ2n) is 17.3. The van der Waals surface area contributed by atoms with E-state index in [1.54, 1.807) is 0 Å². The van der Waals surface area contributed by atoms with Gasteiger partial charge in [0.2, 0.25) is 5.91 Å². The predicted molar refractivity (Wildman–Crippen MR) is 196 cm³/mol. The van der Waals surface area contributed by atoms with Crippen molar-refractivity contribution in [1.82, 2.24) is 10.2 Å². The molecule has 6 unspecified atom stereocenters. The van der Waals surface area contributed by atoms with Crippen LogP contribution in [0.5, 0.6) is 0 Å². The summed E-state index contributed by atoms with van der Waals surface area (Å²) in [6.45, 7) is 9.19. The topological polar surface area (TPSA) is 129 Å². The zero-order valence-corrected chi connectivity index (χ0v) is 32.5. The molecule has 0 aromatic rings. The number of hydrogen-bond donors (Lipinski definition) is 4. The molecule has 0 radical (unpaired) electrons. The van der Waals surface area contributed by atoms with E-state index >= 15 is 0 Å². The monoisotopic (exact) mass is 724 g/mol. The lowest BCUT2D eigenvalue weighted by molar-refractivity contribution is -0.130. The summed E-state index contributed by atoms with van der Waals surface area (Å²) < 4.78 is 10.9. The minimum absolute atomic E-state index is 0.0712. The molecule has 5 rings (SSSR count). The number of aliphatic hydroxyl groups excluding tert-OH is 1. The SMILES string of the molecule is CC(C)CCC[C@@H](C)[C@H]1CCC2C3CC=C4CC(OC(=O)NCCCCCC(=O)N5CC(O)C(OP(O)(O)=S)C5)CC[C@]4(C)C3CC[C@@]21C. The van der Waals surface area contributed by atoms with Crippen molar-refractivity contribution in [2.24, 2.45) is 46.3 Å². The highest BCUT2D eigenvalue weighted by Gasteiger charge is 2.59. The van der Waals surface area contributed by atoms with Gasteiger partial charge in [-0.05, 0) is 116 Å². The van der Waals surface area contributed by atoms with E-state index in [0.29, 0.717) is 24.8 Å². The fourth-order valence-electron chi connectivity index (χ4n) is 11.1. The number of unbranched alkanes of at least 4 members (excludes halogenated alkanes) is 2. The van der Waals surface area contributed by atoms with Crippen LogP contribution in [0.15, 0.2) is 11.6 Å². The second kappa shape index (κ2) is 16.3. The van der Waals surface area contributed by atoms with Crippen LogP contribution in [0.1, 0.15) is 131 Å². The first-order valence-electron chi connectivity index (χ1n) is 19.4. The molecule has 0 aromatic heterocycles. The third-order valence-corrected chi connectivity index (χ3v) is 14.5. The van der Waals surface area contributed by atoms with E-state index in [9.17, 15) is 24.5 Å². The summed E-state index contributed by atoms with van der Waals surface area (Å²) in [5.41, 5.74) is 2.26. The Hall–Kier alpha value is -1.03. The van der Waals surface area contributed by atoms with Crippen LogP contribution in [0.25, 0.3) is 0 Å². The highest BCUT2D eigenvalue weighted by molar-refractivity contribution is 8.06. The number of rotatable bonds is 14. The van der Waals surface area contributed by atoms with E-state index < -0.39 is 18.9 Å². The van der Waals surface area contributed by atoms with Gasteiger partial charge in [0.25, 0.3) is 0 Å². The molecule has 10 atom stereocenters. The number of amides is 2. The maximum atomic E-state index is 12.7. The molecule has 1 heterocycles. The zero-order valence-electron chi connectivity index (χ0n) is 30.8. The van der Waals surface area contributed by atoms with Crippen molar-refractivity contribution < 1.29 is 33.7 Å². The number of nitrogens with zero attached hydrogens (tertiary/aromatic N) is 1.